The first-order valence-electron chi connectivity index (χ1n) is 22.3. The minimum atomic E-state index is -0.506. The van der Waals surface area contributed by atoms with Gasteiger partial charge in [0.25, 0.3) is 0 Å². The molecule has 0 bridgehead atoms. The fraction of sp³-hybridized carbons (Fsp3) is 0.0492. The number of benzene rings is 9. The molecular formula is C61H42N2S. The molecule has 3 heteroatoms. The number of nitrogens with zero attached hydrogens (tertiary/aromatic N) is 2. The summed E-state index contributed by atoms with van der Waals surface area (Å²) in [5.74, 6) is 0. The topological polar surface area (TPSA) is 8.17 Å². The summed E-state index contributed by atoms with van der Waals surface area (Å²) in [6, 6.07) is 78.9. The zero-order valence-corrected chi connectivity index (χ0v) is 36.0. The van der Waals surface area contributed by atoms with Gasteiger partial charge in [-0.1, -0.05) is 176 Å². The summed E-state index contributed by atoms with van der Waals surface area (Å²) < 4.78 is 5.12. The number of anilines is 3. The molecule has 302 valence electrons. The molecule has 0 aliphatic heterocycles. The van der Waals surface area contributed by atoms with Crippen LogP contribution in [-0.4, -0.2) is 4.57 Å². The molecule has 11 aromatic rings. The molecule has 0 fully saturated rings. The Bertz CT molecular complexity index is 3610. The van der Waals surface area contributed by atoms with Gasteiger partial charge in [0, 0.05) is 49.0 Å². The second-order valence-corrected chi connectivity index (χ2v) is 18.1. The number of fused-ring (bicyclic) bond motifs is 10. The van der Waals surface area contributed by atoms with Gasteiger partial charge in [0.1, 0.15) is 0 Å². The van der Waals surface area contributed by atoms with Crippen molar-refractivity contribution in [2.24, 2.45) is 0 Å². The molecule has 0 atom stereocenters. The SMILES string of the molecule is C1=CC(n2c3ccccc3c3ccc4c5cc(N(c6ccc(-c7ccccc7)cc6)c6ccc7c(c6)C(c6ccccc6)(c6ccccc6)c6ccccc6-7)ccc5sc4c32)=CCC1. The van der Waals surface area contributed by atoms with Crippen molar-refractivity contribution in [2.45, 2.75) is 18.3 Å². The van der Waals surface area contributed by atoms with Gasteiger partial charge in [-0.05, 0) is 112 Å². The van der Waals surface area contributed by atoms with Crippen LogP contribution in [0.25, 0.3) is 69.9 Å². The van der Waals surface area contributed by atoms with E-state index < -0.39 is 5.41 Å². The van der Waals surface area contributed by atoms with E-state index in [1.165, 1.54) is 92.2 Å². The Hall–Kier alpha value is -7.72. The lowest BCUT2D eigenvalue weighted by molar-refractivity contribution is 0.768. The Labute approximate surface area is 376 Å². The lowest BCUT2D eigenvalue weighted by atomic mass is 9.67. The predicted molar refractivity (Wildman–Crippen MR) is 272 cm³/mol. The molecular weight excluding hydrogens is 793 g/mol. The monoisotopic (exact) mass is 834 g/mol. The van der Waals surface area contributed by atoms with Crippen molar-refractivity contribution in [1.82, 2.24) is 4.57 Å². The molecule has 2 heterocycles. The van der Waals surface area contributed by atoms with Crippen LogP contribution in [0.3, 0.4) is 0 Å². The van der Waals surface area contributed by atoms with E-state index in [0.29, 0.717) is 0 Å². The maximum Gasteiger partial charge on any atom is 0.0719 e. The fourth-order valence-corrected chi connectivity index (χ4v) is 12.1. The third-order valence-electron chi connectivity index (χ3n) is 13.7. The van der Waals surface area contributed by atoms with Crippen molar-refractivity contribution in [3.05, 3.63) is 253 Å². The van der Waals surface area contributed by atoms with E-state index in [1.807, 2.05) is 11.3 Å². The number of thiophene rings is 1. The summed E-state index contributed by atoms with van der Waals surface area (Å²) in [5, 5.41) is 5.15. The average Bonchev–Trinajstić information content (AvgIpc) is 4.02. The van der Waals surface area contributed by atoms with Gasteiger partial charge in [-0.25, -0.2) is 0 Å². The number of para-hydroxylation sites is 1. The van der Waals surface area contributed by atoms with Crippen molar-refractivity contribution in [2.75, 3.05) is 4.90 Å². The standard InChI is InChI=1S/C61H42N2S/c1-5-17-41(18-6-1)42-29-31-46(32-30-42)62(48-33-35-50-49-25-13-15-27-55(49)61(56(50)40-48,43-19-7-2-8-20-43)44-21-9-3-10-22-44)47-34-38-58-54(39-47)53-37-36-52-51-26-14-16-28-57(51)63(59(52)60(53)64-58)45-23-11-4-12-24-45/h1-3,5-11,13-40H,4,12H2. The van der Waals surface area contributed by atoms with E-state index in [9.17, 15) is 0 Å². The fourth-order valence-electron chi connectivity index (χ4n) is 10.9. The number of hydrogen-bond acceptors (Lipinski definition) is 2. The molecule has 0 N–H and O–H groups in total. The highest BCUT2D eigenvalue weighted by Crippen LogP contribution is 2.57. The minimum absolute atomic E-state index is 0.506. The van der Waals surface area contributed by atoms with Crippen LogP contribution >= 0.6 is 11.3 Å². The van der Waals surface area contributed by atoms with E-state index >= 15 is 0 Å². The first kappa shape index (κ1) is 36.9. The maximum absolute atomic E-state index is 2.51. The van der Waals surface area contributed by atoms with Gasteiger partial charge in [0.05, 0.1) is 21.1 Å². The average molecular weight is 835 g/mol. The lowest BCUT2D eigenvalue weighted by Crippen LogP contribution is -2.28. The molecule has 0 radical (unpaired) electrons. The van der Waals surface area contributed by atoms with Gasteiger partial charge in [0.2, 0.25) is 0 Å². The Kier molecular flexibility index (Phi) is 8.47. The molecule has 0 saturated heterocycles. The van der Waals surface area contributed by atoms with Crippen LogP contribution < -0.4 is 4.90 Å². The number of allylic oxidation sites excluding steroid dienone is 4. The van der Waals surface area contributed by atoms with E-state index in [1.54, 1.807) is 0 Å². The van der Waals surface area contributed by atoms with Gasteiger partial charge < -0.3 is 9.47 Å². The van der Waals surface area contributed by atoms with Gasteiger partial charge in [0.15, 0.2) is 0 Å². The van der Waals surface area contributed by atoms with Crippen molar-refractivity contribution >= 4 is 76.1 Å². The largest absolute Gasteiger partial charge is 0.310 e. The molecule has 0 amide bonds. The van der Waals surface area contributed by atoms with Crippen LogP contribution in [0.5, 0.6) is 0 Å². The molecule has 0 unspecified atom stereocenters. The molecule has 13 rings (SSSR count). The molecule has 64 heavy (non-hydrogen) atoms. The van der Waals surface area contributed by atoms with E-state index in [0.717, 1.165) is 29.9 Å². The van der Waals surface area contributed by atoms with E-state index in [2.05, 4.69) is 240 Å². The molecule has 2 nitrogen and oxygen atoms in total. The molecule has 0 spiro atoms. The number of aromatic nitrogens is 1. The summed E-state index contributed by atoms with van der Waals surface area (Å²) in [7, 11) is 0. The second kappa shape index (κ2) is 14.7. The summed E-state index contributed by atoms with van der Waals surface area (Å²) in [5.41, 5.74) is 16.7. The molecule has 2 aliphatic rings. The third kappa shape index (κ3) is 5.51. The highest BCUT2D eigenvalue weighted by molar-refractivity contribution is 7.26. The molecule has 2 aromatic heterocycles. The molecule has 9 aromatic carbocycles. The summed E-state index contributed by atoms with van der Waals surface area (Å²) in [4.78, 5) is 2.47. The van der Waals surface area contributed by atoms with Gasteiger partial charge in [-0.3, -0.25) is 0 Å². The highest BCUT2D eigenvalue weighted by atomic mass is 32.1. The van der Waals surface area contributed by atoms with Gasteiger partial charge in [-0.15, -0.1) is 11.3 Å². The first-order chi connectivity index (χ1) is 31.8. The van der Waals surface area contributed by atoms with Crippen molar-refractivity contribution < 1.29 is 0 Å². The van der Waals surface area contributed by atoms with Crippen LogP contribution in [0, 0.1) is 0 Å². The quantitative estimate of drug-likeness (QED) is 0.155. The predicted octanol–water partition coefficient (Wildman–Crippen LogP) is 16.9. The Morgan fingerprint density at radius 3 is 1.84 bits per heavy atom. The molecule has 2 aliphatic carbocycles. The van der Waals surface area contributed by atoms with Gasteiger partial charge >= 0.3 is 0 Å². The summed E-state index contributed by atoms with van der Waals surface area (Å²) >= 11 is 1.91. The Morgan fingerprint density at radius 1 is 0.453 bits per heavy atom. The Balaban J connectivity index is 1.05. The zero-order chi connectivity index (χ0) is 42.2. The van der Waals surface area contributed by atoms with Crippen LogP contribution in [0.1, 0.15) is 35.1 Å². The third-order valence-corrected chi connectivity index (χ3v) is 14.9. The lowest BCUT2D eigenvalue weighted by Gasteiger charge is -2.35. The number of rotatable bonds is 7. The second-order valence-electron chi connectivity index (χ2n) is 17.1. The van der Waals surface area contributed by atoms with Crippen molar-refractivity contribution in [3.63, 3.8) is 0 Å². The summed E-state index contributed by atoms with van der Waals surface area (Å²) in [6.07, 6.45) is 9.16. The first-order valence-corrected chi connectivity index (χ1v) is 23.1. The van der Waals surface area contributed by atoms with Crippen molar-refractivity contribution in [3.8, 4) is 22.3 Å². The zero-order valence-electron chi connectivity index (χ0n) is 35.2. The van der Waals surface area contributed by atoms with Crippen molar-refractivity contribution in [1.29, 1.82) is 0 Å². The van der Waals surface area contributed by atoms with E-state index in [4.69, 9.17) is 0 Å². The maximum atomic E-state index is 2.51. The van der Waals surface area contributed by atoms with Crippen LogP contribution in [-0.2, 0) is 5.41 Å². The number of hydrogen-bond donors (Lipinski definition) is 0. The van der Waals surface area contributed by atoms with Gasteiger partial charge in [-0.2, -0.15) is 0 Å². The summed E-state index contributed by atoms with van der Waals surface area (Å²) in [6.45, 7) is 0. The van der Waals surface area contributed by atoms with Crippen LogP contribution in [0.2, 0.25) is 0 Å². The van der Waals surface area contributed by atoms with Crippen LogP contribution in [0.15, 0.2) is 231 Å². The smallest absolute Gasteiger partial charge is 0.0719 e. The van der Waals surface area contributed by atoms with E-state index in [-0.39, 0.29) is 0 Å². The van der Waals surface area contributed by atoms with Crippen LogP contribution in [0.4, 0.5) is 17.1 Å². The highest BCUT2D eigenvalue weighted by Gasteiger charge is 2.46. The Morgan fingerprint density at radius 2 is 1.08 bits per heavy atom. The normalized spacial score (nSPS) is 14.0. The molecule has 0 saturated carbocycles. The minimum Gasteiger partial charge on any atom is -0.310 e.